The molecule has 9 aromatic rings. The molecule has 2 unspecified atom stereocenters. The van der Waals surface area contributed by atoms with Crippen LogP contribution in [0.25, 0.3) is 62.2 Å². The fourth-order valence-electron chi connectivity index (χ4n) is 6.27. The van der Waals surface area contributed by atoms with Crippen molar-refractivity contribution in [3.8, 4) is 56.2 Å². The topological polar surface area (TPSA) is 119 Å². The van der Waals surface area contributed by atoms with Gasteiger partial charge in [-0.1, -0.05) is 171 Å². The molecule has 0 amide bonds. The molecule has 1 radical (unpaired) electrons. The normalized spacial score (nSPS) is 9.97. The van der Waals surface area contributed by atoms with Gasteiger partial charge in [-0.2, -0.15) is 0 Å². The fourth-order valence-corrected chi connectivity index (χ4v) is 6.80. The Morgan fingerprint density at radius 2 is 0.925 bits per heavy atom. The minimum atomic E-state index is -0.00571. The molecular weight excluding hydrogens is 1090 g/mol. The van der Waals surface area contributed by atoms with Crippen molar-refractivity contribution in [1.82, 2.24) is 19.9 Å². The number of nitrogens with zero attached hydrogens (tertiary/aromatic N) is 4. The van der Waals surface area contributed by atoms with Gasteiger partial charge >= 0.3 is 0 Å². The summed E-state index contributed by atoms with van der Waals surface area (Å²) in [6, 6.07) is 61.3. The van der Waals surface area contributed by atoms with Crippen molar-refractivity contribution in [3.63, 3.8) is 0 Å². The Hall–Kier alpha value is -5.21. The standard InChI is InChI=1S/C27H18BrN3.C20H14BrNO.C7H8N2.ClH.H4P2.Y/c28-24-14-12-21(13-15-24)26-17-25(30-27(31-26)22-5-2-1-3-6-22)20-10-8-19(9-11-20)23-7-4-16-29-18-23;21-19-10-8-17(9-11-19)20(23)12-5-15-3-6-16(7-4-15)18-2-1-13-22-14-18;8-7(9)6-4-2-1-3-5-6;;1-2;/h1-18H;1-14H;1-5H,(H3,8,9);1H;1-2H2;/b;12-5+;;;;. The van der Waals surface area contributed by atoms with Crippen LogP contribution < -0.4 is 5.73 Å². The van der Waals surface area contributed by atoms with E-state index in [1.54, 1.807) is 18.5 Å². The second kappa shape index (κ2) is 28.9. The van der Waals surface area contributed by atoms with Gasteiger partial charge in [0.05, 0.1) is 11.4 Å². The van der Waals surface area contributed by atoms with Crippen LogP contribution in [0.4, 0.5) is 0 Å². The van der Waals surface area contributed by atoms with E-state index in [0.717, 1.165) is 70.4 Å². The van der Waals surface area contributed by atoms with Gasteiger partial charge in [0.1, 0.15) is 5.84 Å². The van der Waals surface area contributed by atoms with Gasteiger partial charge < -0.3 is 5.73 Å². The maximum absolute atomic E-state index is 12.1. The molecule has 9 rings (SSSR count). The molecular formula is C54H45Br2ClN6OP2Y. The number of hydrogen-bond acceptors (Lipinski definition) is 6. The molecule has 3 N–H and O–H groups in total. The summed E-state index contributed by atoms with van der Waals surface area (Å²) in [5.74, 6) is 0.830. The molecule has 0 aliphatic rings. The summed E-state index contributed by atoms with van der Waals surface area (Å²) in [6.45, 7) is 0. The summed E-state index contributed by atoms with van der Waals surface area (Å²) >= 11 is 6.87. The van der Waals surface area contributed by atoms with Crippen LogP contribution in [0.2, 0.25) is 0 Å². The third-order valence-electron chi connectivity index (χ3n) is 9.62. The maximum atomic E-state index is 12.1. The quantitative estimate of drug-likeness (QED) is 0.0489. The number of amidine groups is 1. The van der Waals surface area contributed by atoms with Gasteiger partial charge in [0, 0.05) is 94.3 Å². The average Bonchev–Trinajstić information content (AvgIpc) is 3.38. The van der Waals surface area contributed by atoms with Crippen molar-refractivity contribution in [2.75, 3.05) is 0 Å². The molecule has 0 aliphatic carbocycles. The fraction of sp³-hybridized carbons (Fsp3) is 0. The Morgan fingerprint density at radius 1 is 0.507 bits per heavy atom. The molecule has 7 nitrogen and oxygen atoms in total. The van der Waals surface area contributed by atoms with Crippen molar-refractivity contribution in [1.29, 1.82) is 5.41 Å². The first-order valence-corrected chi connectivity index (χ1v) is 24.5. The van der Waals surface area contributed by atoms with Gasteiger partial charge in [-0.15, -0.1) is 30.3 Å². The van der Waals surface area contributed by atoms with Crippen LogP contribution in [0.1, 0.15) is 21.5 Å². The summed E-state index contributed by atoms with van der Waals surface area (Å²) in [7, 11) is 4.67. The van der Waals surface area contributed by atoms with E-state index in [-0.39, 0.29) is 56.7 Å². The van der Waals surface area contributed by atoms with E-state index in [9.17, 15) is 4.79 Å². The van der Waals surface area contributed by atoms with Crippen molar-refractivity contribution in [3.05, 3.63) is 245 Å². The molecule has 0 fully saturated rings. The molecule has 0 saturated carbocycles. The second-order valence-corrected chi connectivity index (χ2v) is 15.8. The number of allylic oxidation sites excluding steroid dienone is 1. The van der Waals surface area contributed by atoms with Crippen LogP contribution in [-0.2, 0) is 32.7 Å². The van der Waals surface area contributed by atoms with E-state index in [2.05, 4.69) is 108 Å². The van der Waals surface area contributed by atoms with E-state index >= 15 is 0 Å². The average molecular weight is 1140 g/mol. The van der Waals surface area contributed by atoms with Gasteiger partial charge in [0.15, 0.2) is 11.6 Å². The smallest absolute Gasteiger partial charge is 0.185 e. The zero-order valence-corrected chi connectivity index (χ0v) is 45.2. The van der Waals surface area contributed by atoms with Crippen molar-refractivity contribution in [2.24, 2.45) is 5.73 Å². The van der Waals surface area contributed by atoms with E-state index < -0.39 is 0 Å². The van der Waals surface area contributed by atoms with E-state index in [4.69, 9.17) is 21.1 Å². The number of ketones is 1. The van der Waals surface area contributed by atoms with Gasteiger partial charge in [0.2, 0.25) is 0 Å². The Balaban J connectivity index is 0.000000240. The van der Waals surface area contributed by atoms with E-state index in [1.165, 1.54) is 0 Å². The number of pyridine rings is 2. The molecule has 2 atom stereocenters. The molecule has 0 bridgehead atoms. The number of nitrogens with two attached hydrogens (primary N) is 1. The number of hydrogen-bond donors (Lipinski definition) is 2. The first-order valence-electron chi connectivity index (χ1n) is 20.2. The van der Waals surface area contributed by atoms with Gasteiger partial charge in [-0.25, -0.2) is 9.97 Å². The van der Waals surface area contributed by atoms with Crippen LogP contribution in [0.15, 0.2) is 228 Å². The first kappa shape index (κ1) is 54.4. The van der Waals surface area contributed by atoms with Crippen LogP contribution >= 0.6 is 62.1 Å². The summed E-state index contributed by atoms with van der Waals surface area (Å²) in [6.07, 6.45) is 10.7. The molecule has 6 aromatic carbocycles. The number of rotatable bonds is 9. The Labute approximate surface area is 445 Å². The zero-order chi connectivity index (χ0) is 45.8. The van der Waals surface area contributed by atoms with Crippen molar-refractivity contribution >= 4 is 79.8 Å². The number of benzene rings is 6. The number of halogens is 3. The number of nitrogens with one attached hydrogen (secondary N) is 1. The maximum Gasteiger partial charge on any atom is 0.185 e. The molecule has 13 heteroatoms. The third-order valence-corrected chi connectivity index (χ3v) is 10.7. The Morgan fingerprint density at radius 3 is 1.37 bits per heavy atom. The number of carbonyl (C=O) groups is 1. The Bertz CT molecular complexity index is 2920. The SMILES string of the molecule is Brc1ccc(-c2cc(-c3ccc(-c4cccnc4)cc3)nc(-c3ccccc3)n2)cc1.Cl.N=C(N)c1ccccc1.O=C(/C=C/c1ccc(-c2cccnc2)cc1)c1ccc(Br)cc1.PP.[Y]. The van der Waals surface area contributed by atoms with Gasteiger partial charge in [-0.05, 0) is 88.5 Å². The molecule has 3 heterocycles. The number of aromatic nitrogens is 4. The summed E-state index contributed by atoms with van der Waals surface area (Å²) in [5, 5.41) is 7.01. The summed E-state index contributed by atoms with van der Waals surface area (Å²) in [4.78, 5) is 30.2. The van der Waals surface area contributed by atoms with Crippen LogP contribution in [0.3, 0.4) is 0 Å². The van der Waals surface area contributed by atoms with Crippen LogP contribution in [-0.4, -0.2) is 31.6 Å². The first-order chi connectivity index (χ1) is 31.8. The third kappa shape index (κ3) is 16.8. The minimum absolute atomic E-state index is 0. The largest absolute Gasteiger partial charge is 0.384 e. The van der Waals surface area contributed by atoms with Crippen molar-refractivity contribution < 1.29 is 37.5 Å². The Kier molecular flexibility index (Phi) is 23.4. The van der Waals surface area contributed by atoms with Gasteiger partial charge in [-0.3, -0.25) is 20.2 Å². The molecule has 67 heavy (non-hydrogen) atoms. The minimum Gasteiger partial charge on any atom is -0.384 e. The predicted molar refractivity (Wildman–Crippen MR) is 291 cm³/mol. The number of carbonyl (C=O) groups excluding carboxylic acids is 1. The number of nitrogen functional groups attached to an aromatic ring is 1. The van der Waals surface area contributed by atoms with Crippen LogP contribution in [0.5, 0.6) is 0 Å². The van der Waals surface area contributed by atoms with Gasteiger partial charge in [0.25, 0.3) is 0 Å². The zero-order valence-electron chi connectivity index (χ0n) is 36.0. The summed E-state index contributed by atoms with van der Waals surface area (Å²) < 4.78 is 2.00. The molecule has 3 aromatic heterocycles. The van der Waals surface area contributed by atoms with Crippen molar-refractivity contribution in [2.45, 2.75) is 0 Å². The monoisotopic (exact) mass is 1140 g/mol. The predicted octanol–water partition coefficient (Wildman–Crippen LogP) is 14.8. The van der Waals surface area contributed by atoms with E-state index in [1.807, 2.05) is 158 Å². The van der Waals surface area contributed by atoms with Crippen LogP contribution in [0, 0.1) is 5.41 Å². The molecule has 0 aliphatic heterocycles. The summed E-state index contributed by atoms with van der Waals surface area (Å²) in [5.41, 5.74) is 16.9. The molecule has 331 valence electrons. The van der Waals surface area contributed by atoms with E-state index in [0.29, 0.717) is 11.4 Å². The molecule has 0 saturated heterocycles. The second-order valence-electron chi connectivity index (χ2n) is 14.0. The molecule has 0 spiro atoms.